The van der Waals surface area contributed by atoms with E-state index in [1.807, 2.05) is 18.2 Å². The van der Waals surface area contributed by atoms with E-state index in [-0.39, 0.29) is 0 Å². The molecule has 2 rings (SSSR count). The maximum absolute atomic E-state index is 5.88. The zero-order chi connectivity index (χ0) is 13.1. The van der Waals surface area contributed by atoms with Gasteiger partial charge in [-0.15, -0.1) is 0 Å². The first-order valence-corrected chi connectivity index (χ1v) is 6.69. The van der Waals surface area contributed by atoms with Crippen LogP contribution in [0.5, 0.6) is 5.75 Å². The molecule has 0 saturated heterocycles. The molecule has 1 aromatic heterocycles. The van der Waals surface area contributed by atoms with Crippen LogP contribution < -0.4 is 15.8 Å². The number of nitrogen functional groups attached to an aromatic ring is 1. The van der Waals surface area contributed by atoms with Crippen LogP contribution >= 0.6 is 31.9 Å². The Morgan fingerprint density at radius 2 is 1.94 bits per heavy atom. The van der Waals surface area contributed by atoms with Gasteiger partial charge in [-0.25, -0.2) is 4.98 Å². The van der Waals surface area contributed by atoms with Crippen molar-refractivity contribution in [2.75, 3.05) is 18.2 Å². The second kappa shape index (κ2) is 5.58. The summed E-state index contributed by atoms with van der Waals surface area (Å²) in [5, 5.41) is 3.15. The predicted octanol–water partition coefficient (Wildman–Crippen LogP) is 3.94. The van der Waals surface area contributed by atoms with Crippen LogP contribution in [-0.2, 0) is 0 Å². The van der Waals surface area contributed by atoms with Crippen molar-refractivity contribution >= 4 is 49.1 Å². The summed E-state index contributed by atoms with van der Waals surface area (Å²) in [6.45, 7) is 0. The van der Waals surface area contributed by atoms with Crippen LogP contribution in [0.2, 0.25) is 0 Å². The fourth-order valence-corrected chi connectivity index (χ4v) is 2.27. The summed E-state index contributed by atoms with van der Waals surface area (Å²) in [5.41, 5.74) is 7.30. The van der Waals surface area contributed by atoms with Crippen molar-refractivity contribution in [3.8, 4) is 5.75 Å². The van der Waals surface area contributed by atoms with Gasteiger partial charge in [-0.3, -0.25) is 0 Å². The minimum absolute atomic E-state index is 0.573. The van der Waals surface area contributed by atoms with Crippen molar-refractivity contribution in [3.05, 3.63) is 39.4 Å². The van der Waals surface area contributed by atoms with E-state index < -0.39 is 0 Å². The van der Waals surface area contributed by atoms with E-state index in [0.717, 1.165) is 20.4 Å². The number of nitrogens with one attached hydrogen (secondary N) is 1. The highest BCUT2D eigenvalue weighted by atomic mass is 79.9. The van der Waals surface area contributed by atoms with Crippen molar-refractivity contribution < 1.29 is 4.74 Å². The van der Waals surface area contributed by atoms with Crippen LogP contribution in [0, 0.1) is 0 Å². The molecule has 0 atom stereocenters. The van der Waals surface area contributed by atoms with Gasteiger partial charge in [0.2, 0.25) is 0 Å². The highest BCUT2D eigenvalue weighted by molar-refractivity contribution is 9.10. The highest BCUT2D eigenvalue weighted by Crippen LogP contribution is 2.28. The molecule has 0 aliphatic heterocycles. The number of aromatic nitrogens is 1. The number of ether oxygens (including phenoxy) is 1. The SMILES string of the molecule is COc1cc(Br)cc(Nc2ncc(Br)cc2N)c1. The summed E-state index contributed by atoms with van der Waals surface area (Å²) in [7, 11) is 1.62. The average molecular weight is 373 g/mol. The van der Waals surface area contributed by atoms with Crippen molar-refractivity contribution in [2.24, 2.45) is 0 Å². The predicted molar refractivity (Wildman–Crippen MR) is 80.3 cm³/mol. The highest BCUT2D eigenvalue weighted by Gasteiger charge is 2.04. The molecule has 1 heterocycles. The third-order valence-corrected chi connectivity index (χ3v) is 3.15. The number of hydrogen-bond donors (Lipinski definition) is 2. The quantitative estimate of drug-likeness (QED) is 0.856. The van der Waals surface area contributed by atoms with E-state index in [4.69, 9.17) is 10.5 Å². The lowest BCUT2D eigenvalue weighted by Crippen LogP contribution is -1.99. The molecule has 0 saturated carbocycles. The van der Waals surface area contributed by atoms with Crippen molar-refractivity contribution in [1.82, 2.24) is 4.98 Å². The molecule has 0 aliphatic rings. The number of nitrogens with zero attached hydrogens (tertiary/aromatic N) is 1. The first kappa shape index (κ1) is 13.2. The third-order valence-electron chi connectivity index (χ3n) is 2.25. The van der Waals surface area contributed by atoms with Crippen LogP contribution in [0.25, 0.3) is 0 Å². The van der Waals surface area contributed by atoms with Gasteiger partial charge in [0.25, 0.3) is 0 Å². The molecule has 0 unspecified atom stereocenters. The molecule has 94 valence electrons. The number of methoxy groups -OCH3 is 1. The Balaban J connectivity index is 2.30. The zero-order valence-electron chi connectivity index (χ0n) is 9.58. The molecule has 0 amide bonds. The molecule has 6 heteroatoms. The Kier molecular flexibility index (Phi) is 4.08. The topological polar surface area (TPSA) is 60.2 Å². The summed E-state index contributed by atoms with van der Waals surface area (Å²) in [4.78, 5) is 4.22. The molecule has 0 fully saturated rings. The lowest BCUT2D eigenvalue weighted by atomic mass is 10.3. The van der Waals surface area contributed by atoms with Gasteiger partial charge in [0.15, 0.2) is 5.82 Å². The maximum atomic E-state index is 5.88. The monoisotopic (exact) mass is 371 g/mol. The van der Waals surface area contributed by atoms with Crippen LogP contribution in [0.1, 0.15) is 0 Å². The molecule has 0 aliphatic carbocycles. The normalized spacial score (nSPS) is 10.2. The smallest absolute Gasteiger partial charge is 0.153 e. The Labute approximate surface area is 122 Å². The van der Waals surface area contributed by atoms with Crippen LogP contribution in [0.3, 0.4) is 0 Å². The fraction of sp³-hybridized carbons (Fsp3) is 0.0833. The Morgan fingerprint density at radius 1 is 1.17 bits per heavy atom. The number of pyridine rings is 1. The first-order valence-electron chi connectivity index (χ1n) is 5.11. The van der Waals surface area contributed by atoms with E-state index in [2.05, 4.69) is 42.2 Å². The van der Waals surface area contributed by atoms with Gasteiger partial charge in [0.1, 0.15) is 5.75 Å². The number of anilines is 3. The Bertz CT molecular complexity index is 575. The number of nitrogens with two attached hydrogens (primary N) is 1. The first-order chi connectivity index (χ1) is 8.58. The van der Waals surface area contributed by atoms with Crippen molar-refractivity contribution in [2.45, 2.75) is 0 Å². The van der Waals surface area contributed by atoms with Gasteiger partial charge in [0, 0.05) is 26.9 Å². The van der Waals surface area contributed by atoms with Crippen molar-refractivity contribution in [3.63, 3.8) is 0 Å². The van der Waals surface area contributed by atoms with Crippen LogP contribution in [0.4, 0.5) is 17.2 Å². The third kappa shape index (κ3) is 3.14. The average Bonchev–Trinajstić information content (AvgIpc) is 2.32. The van der Waals surface area contributed by atoms with E-state index in [9.17, 15) is 0 Å². The maximum Gasteiger partial charge on any atom is 0.153 e. The van der Waals surface area contributed by atoms with Gasteiger partial charge in [-0.2, -0.15) is 0 Å². The molecule has 4 nitrogen and oxygen atoms in total. The molecule has 1 aromatic carbocycles. The minimum atomic E-state index is 0.573. The van der Waals surface area contributed by atoms with Gasteiger partial charge in [-0.05, 0) is 34.1 Å². The Morgan fingerprint density at radius 3 is 2.61 bits per heavy atom. The lowest BCUT2D eigenvalue weighted by molar-refractivity contribution is 0.415. The standard InChI is InChI=1S/C12H11Br2N3O/c1-18-10-3-7(13)2-9(5-10)17-12-11(15)4-8(14)6-16-12/h2-6H,15H2,1H3,(H,16,17). The molecule has 18 heavy (non-hydrogen) atoms. The molecule has 0 bridgehead atoms. The summed E-state index contributed by atoms with van der Waals surface area (Å²) in [6.07, 6.45) is 1.69. The van der Waals surface area contributed by atoms with Crippen LogP contribution in [-0.4, -0.2) is 12.1 Å². The number of halogens is 2. The van der Waals surface area contributed by atoms with Gasteiger partial charge in [-0.1, -0.05) is 15.9 Å². The second-order valence-corrected chi connectivity index (χ2v) is 5.43. The van der Waals surface area contributed by atoms with Crippen molar-refractivity contribution in [1.29, 1.82) is 0 Å². The summed E-state index contributed by atoms with van der Waals surface area (Å²) in [5.74, 6) is 1.36. The largest absolute Gasteiger partial charge is 0.497 e. The molecular formula is C12H11Br2N3O. The van der Waals surface area contributed by atoms with Gasteiger partial charge in [0.05, 0.1) is 12.8 Å². The molecule has 3 N–H and O–H groups in total. The zero-order valence-corrected chi connectivity index (χ0v) is 12.7. The van der Waals surface area contributed by atoms with E-state index in [1.165, 1.54) is 0 Å². The molecule has 0 spiro atoms. The number of rotatable bonds is 3. The van der Waals surface area contributed by atoms with Gasteiger partial charge >= 0.3 is 0 Å². The second-order valence-electron chi connectivity index (χ2n) is 3.60. The van der Waals surface area contributed by atoms with E-state index >= 15 is 0 Å². The fourth-order valence-electron chi connectivity index (χ4n) is 1.45. The molecule has 0 radical (unpaired) electrons. The number of hydrogen-bond acceptors (Lipinski definition) is 4. The van der Waals surface area contributed by atoms with Gasteiger partial charge < -0.3 is 15.8 Å². The number of benzene rings is 1. The molecule has 2 aromatic rings. The van der Waals surface area contributed by atoms with Crippen LogP contribution in [0.15, 0.2) is 39.4 Å². The Hall–Kier alpha value is -1.27. The summed E-state index contributed by atoms with van der Waals surface area (Å²) in [6, 6.07) is 7.47. The van der Waals surface area contributed by atoms with E-state index in [1.54, 1.807) is 19.4 Å². The summed E-state index contributed by atoms with van der Waals surface area (Å²) < 4.78 is 6.96. The van der Waals surface area contributed by atoms with E-state index in [0.29, 0.717) is 11.5 Å². The lowest BCUT2D eigenvalue weighted by Gasteiger charge is -2.10. The molecular weight excluding hydrogens is 362 g/mol. The summed E-state index contributed by atoms with van der Waals surface area (Å²) >= 11 is 6.74. The minimum Gasteiger partial charge on any atom is -0.497 e.